The van der Waals surface area contributed by atoms with Crippen LogP contribution in [0.15, 0.2) is 30.3 Å². The molecule has 0 unspecified atom stereocenters. The van der Waals surface area contributed by atoms with Gasteiger partial charge in [0.2, 0.25) is 5.88 Å². The number of carbonyl (C=O) groups is 1. The van der Waals surface area contributed by atoms with E-state index < -0.39 is 5.82 Å². The molecule has 2 rings (SSSR count). The van der Waals surface area contributed by atoms with Crippen molar-refractivity contribution in [2.45, 2.75) is 6.42 Å². The molecule has 1 heterocycles. The Morgan fingerprint density at radius 1 is 1.32 bits per heavy atom. The number of halogens is 2. The van der Waals surface area contributed by atoms with Crippen LogP contribution in [0.5, 0.6) is 5.88 Å². The minimum Gasteiger partial charge on any atom is -0.480 e. The van der Waals surface area contributed by atoms with E-state index in [1.807, 2.05) is 0 Å². The van der Waals surface area contributed by atoms with Crippen LogP contribution in [0, 0.1) is 5.82 Å². The zero-order valence-corrected chi connectivity index (χ0v) is 10.8. The second-order valence-corrected chi connectivity index (χ2v) is 4.18. The normalized spacial score (nSPS) is 10.3. The molecule has 0 amide bonds. The van der Waals surface area contributed by atoms with Gasteiger partial charge in [0.25, 0.3) is 0 Å². The third kappa shape index (κ3) is 3.06. The van der Waals surface area contributed by atoms with Crippen molar-refractivity contribution in [3.8, 4) is 5.88 Å². The monoisotopic (exact) mass is 280 g/mol. The molecule has 0 aliphatic rings. The van der Waals surface area contributed by atoms with Crippen molar-refractivity contribution in [1.29, 1.82) is 0 Å². The first-order valence-electron chi connectivity index (χ1n) is 5.45. The molecule has 98 valence electrons. The molecule has 0 aliphatic heterocycles. The van der Waals surface area contributed by atoms with Gasteiger partial charge >= 0.3 is 0 Å². The molecule has 0 atom stereocenters. The zero-order chi connectivity index (χ0) is 13.8. The number of benzene rings is 1. The van der Waals surface area contributed by atoms with Crippen LogP contribution in [0.1, 0.15) is 16.1 Å². The van der Waals surface area contributed by atoms with Gasteiger partial charge in [-0.2, -0.15) is 0 Å². The van der Waals surface area contributed by atoms with Gasteiger partial charge in [0, 0.05) is 12.5 Å². The second-order valence-electron chi connectivity index (χ2n) is 3.77. The van der Waals surface area contributed by atoms with Crippen molar-refractivity contribution < 1.29 is 13.9 Å². The molecule has 1 aromatic heterocycles. The fourth-order valence-corrected chi connectivity index (χ4v) is 1.72. The van der Waals surface area contributed by atoms with Gasteiger partial charge < -0.3 is 4.74 Å². The summed E-state index contributed by atoms with van der Waals surface area (Å²) in [6, 6.07) is 7.53. The van der Waals surface area contributed by atoms with Gasteiger partial charge in [-0.3, -0.25) is 4.79 Å². The summed E-state index contributed by atoms with van der Waals surface area (Å²) in [5, 5.41) is 7.40. The van der Waals surface area contributed by atoms with Crippen molar-refractivity contribution in [1.82, 2.24) is 10.2 Å². The van der Waals surface area contributed by atoms with Gasteiger partial charge in [-0.15, -0.1) is 10.2 Å². The number of nitrogens with zero attached hydrogens (tertiary/aromatic N) is 2. The summed E-state index contributed by atoms with van der Waals surface area (Å²) in [5.41, 5.74) is 0.385. The number of carbonyl (C=O) groups excluding carboxylic acids is 1. The number of ether oxygens (including phenoxy) is 1. The van der Waals surface area contributed by atoms with Crippen LogP contribution in [0.25, 0.3) is 0 Å². The summed E-state index contributed by atoms with van der Waals surface area (Å²) < 4.78 is 18.5. The third-order valence-corrected chi connectivity index (χ3v) is 2.81. The summed E-state index contributed by atoms with van der Waals surface area (Å²) in [5.74, 6) is -0.610. The first-order chi connectivity index (χ1) is 9.11. The Morgan fingerprint density at radius 2 is 2.11 bits per heavy atom. The van der Waals surface area contributed by atoms with Crippen molar-refractivity contribution >= 4 is 17.4 Å². The molecule has 0 aliphatic carbocycles. The lowest BCUT2D eigenvalue weighted by molar-refractivity contribution is 0.0986. The maximum atomic E-state index is 13.7. The lowest BCUT2D eigenvalue weighted by Crippen LogP contribution is -2.08. The van der Waals surface area contributed by atoms with Crippen molar-refractivity contribution in [3.05, 3.63) is 52.4 Å². The Morgan fingerprint density at radius 3 is 2.74 bits per heavy atom. The summed E-state index contributed by atoms with van der Waals surface area (Å²) in [4.78, 5) is 11.9. The highest BCUT2D eigenvalue weighted by Crippen LogP contribution is 2.19. The summed E-state index contributed by atoms with van der Waals surface area (Å²) in [6.45, 7) is 0. The largest absolute Gasteiger partial charge is 0.480 e. The minimum absolute atomic E-state index is 0.00823. The van der Waals surface area contributed by atoms with Crippen LogP contribution in [-0.2, 0) is 6.42 Å². The van der Waals surface area contributed by atoms with Crippen LogP contribution < -0.4 is 4.74 Å². The Labute approximate surface area is 114 Å². The first-order valence-corrected chi connectivity index (χ1v) is 5.83. The van der Waals surface area contributed by atoms with Crippen LogP contribution >= 0.6 is 11.6 Å². The maximum Gasteiger partial charge on any atom is 0.233 e. The quantitative estimate of drug-likeness (QED) is 0.808. The number of hydrogen-bond acceptors (Lipinski definition) is 4. The molecule has 0 N–H and O–H groups in total. The predicted octanol–water partition coefficient (Wildman–Crippen LogP) is 2.70. The van der Waals surface area contributed by atoms with E-state index in [1.165, 1.54) is 31.4 Å². The van der Waals surface area contributed by atoms with Gasteiger partial charge in [0.05, 0.1) is 12.1 Å². The van der Waals surface area contributed by atoms with E-state index in [0.717, 1.165) is 0 Å². The van der Waals surface area contributed by atoms with E-state index >= 15 is 0 Å². The number of hydrogen-bond donors (Lipinski definition) is 0. The maximum absolute atomic E-state index is 13.7. The van der Waals surface area contributed by atoms with Crippen LogP contribution in [-0.4, -0.2) is 23.1 Å². The topological polar surface area (TPSA) is 52.1 Å². The van der Waals surface area contributed by atoms with Gasteiger partial charge in [0.1, 0.15) is 11.5 Å². The Hall–Kier alpha value is -2.01. The molecule has 0 fully saturated rings. The van der Waals surface area contributed by atoms with Crippen molar-refractivity contribution in [2.24, 2.45) is 0 Å². The Bertz CT molecular complexity index is 602. The molecule has 0 radical (unpaired) electrons. The number of ketones is 1. The second kappa shape index (κ2) is 5.75. The number of methoxy groups -OCH3 is 1. The lowest BCUT2D eigenvalue weighted by atomic mass is 10.1. The average molecular weight is 281 g/mol. The van der Waals surface area contributed by atoms with Gasteiger partial charge in [-0.25, -0.2) is 4.39 Å². The van der Waals surface area contributed by atoms with E-state index in [0.29, 0.717) is 5.88 Å². The molecule has 0 bridgehead atoms. The van der Waals surface area contributed by atoms with Crippen LogP contribution in [0.4, 0.5) is 4.39 Å². The SMILES string of the molecule is COc1ccc(C(=O)Cc2cccc(Cl)c2F)nn1. The van der Waals surface area contributed by atoms with Gasteiger partial charge in [0.15, 0.2) is 5.78 Å². The molecule has 4 nitrogen and oxygen atoms in total. The van der Waals surface area contributed by atoms with Crippen LogP contribution in [0.2, 0.25) is 5.02 Å². The lowest BCUT2D eigenvalue weighted by Gasteiger charge is -2.04. The van der Waals surface area contributed by atoms with E-state index in [-0.39, 0.29) is 28.5 Å². The molecule has 1 aromatic carbocycles. The predicted molar refractivity (Wildman–Crippen MR) is 68.0 cm³/mol. The standard InChI is InChI=1S/C13H10ClFN2O2/c1-19-12-6-5-10(16-17-12)11(18)7-8-3-2-4-9(14)13(8)15/h2-6H,7H2,1H3. The average Bonchev–Trinajstić information content (AvgIpc) is 2.44. The molecule has 19 heavy (non-hydrogen) atoms. The molecule has 0 saturated heterocycles. The van der Waals surface area contributed by atoms with E-state index in [9.17, 15) is 9.18 Å². The van der Waals surface area contributed by atoms with Crippen molar-refractivity contribution in [3.63, 3.8) is 0 Å². The molecular formula is C13H10ClFN2O2. The minimum atomic E-state index is -0.584. The highest BCUT2D eigenvalue weighted by molar-refractivity contribution is 6.30. The number of aromatic nitrogens is 2. The molecule has 6 heteroatoms. The first kappa shape index (κ1) is 13.4. The molecular weight excluding hydrogens is 271 g/mol. The van der Waals surface area contributed by atoms with Crippen molar-refractivity contribution in [2.75, 3.05) is 7.11 Å². The molecule has 0 saturated carbocycles. The van der Waals surface area contributed by atoms with E-state index in [2.05, 4.69) is 10.2 Å². The smallest absolute Gasteiger partial charge is 0.233 e. The number of Topliss-reactive ketones (excluding diaryl/α,β-unsaturated/α-hetero) is 1. The van der Waals surface area contributed by atoms with Gasteiger partial charge in [-0.1, -0.05) is 23.7 Å². The number of rotatable bonds is 4. The molecule has 2 aromatic rings. The highest BCUT2D eigenvalue weighted by atomic mass is 35.5. The third-order valence-electron chi connectivity index (χ3n) is 2.52. The summed E-state index contributed by atoms with van der Waals surface area (Å²) in [7, 11) is 1.45. The summed E-state index contributed by atoms with van der Waals surface area (Å²) in [6.07, 6.45) is -0.118. The Kier molecular flexibility index (Phi) is 4.06. The van der Waals surface area contributed by atoms with Crippen LogP contribution in [0.3, 0.4) is 0 Å². The molecule has 0 spiro atoms. The fourth-order valence-electron chi connectivity index (χ4n) is 1.53. The fraction of sp³-hybridized carbons (Fsp3) is 0.154. The Balaban J connectivity index is 2.18. The van der Waals surface area contributed by atoms with E-state index in [4.69, 9.17) is 16.3 Å². The highest BCUT2D eigenvalue weighted by Gasteiger charge is 2.14. The van der Waals surface area contributed by atoms with Gasteiger partial charge in [-0.05, 0) is 17.7 Å². The summed E-state index contributed by atoms with van der Waals surface area (Å²) >= 11 is 5.65. The zero-order valence-electron chi connectivity index (χ0n) is 10.1. The van der Waals surface area contributed by atoms with E-state index in [1.54, 1.807) is 6.07 Å².